The lowest BCUT2D eigenvalue weighted by Gasteiger charge is -2.24. The zero-order valence-electron chi connectivity index (χ0n) is 14.9. The van der Waals surface area contributed by atoms with Crippen LogP contribution in [0.4, 0.5) is 0 Å². The van der Waals surface area contributed by atoms with Crippen LogP contribution in [0.5, 0.6) is 0 Å². The molecule has 2 saturated heterocycles. The van der Waals surface area contributed by atoms with Crippen molar-refractivity contribution in [1.82, 2.24) is 0 Å². The first-order valence-electron chi connectivity index (χ1n) is 10.1. The normalized spacial score (nSPS) is 44.1. The van der Waals surface area contributed by atoms with Gasteiger partial charge in [0.2, 0.25) is 0 Å². The van der Waals surface area contributed by atoms with Crippen molar-refractivity contribution in [2.75, 3.05) is 0 Å². The van der Waals surface area contributed by atoms with Crippen molar-refractivity contribution in [2.45, 2.75) is 101 Å². The molecule has 0 amide bonds. The Hall–Kier alpha value is 0.314. The van der Waals surface area contributed by atoms with Crippen molar-refractivity contribution in [3.05, 3.63) is 0 Å². The smallest absolute Gasteiger partial charge is 0.159 e. The maximum atomic E-state index is 6.52. The largest absolute Gasteiger partial charge is 0.460 e. The van der Waals surface area contributed by atoms with Crippen molar-refractivity contribution >= 4 is 18.1 Å². The molecule has 2 heterocycles. The van der Waals surface area contributed by atoms with E-state index in [9.17, 15) is 0 Å². The first-order valence-corrected chi connectivity index (χ1v) is 15.0. The van der Waals surface area contributed by atoms with E-state index in [0.29, 0.717) is 24.4 Å². The molecular formula is C18H34O3Si2. The van der Waals surface area contributed by atoms with Gasteiger partial charge in [-0.1, -0.05) is 12.8 Å². The second-order valence-corrected chi connectivity index (χ2v) is 14.2. The molecule has 8 atom stereocenters. The predicted octanol–water partition coefficient (Wildman–Crippen LogP) is 3.63. The van der Waals surface area contributed by atoms with Gasteiger partial charge in [-0.25, -0.2) is 0 Å². The molecule has 132 valence electrons. The van der Waals surface area contributed by atoms with Crippen LogP contribution < -0.4 is 0 Å². The van der Waals surface area contributed by atoms with Gasteiger partial charge in [0.15, 0.2) is 18.1 Å². The lowest BCUT2D eigenvalue weighted by atomic mass is 9.88. The Kier molecular flexibility index (Phi) is 5.31. The summed E-state index contributed by atoms with van der Waals surface area (Å²) in [5.74, 6) is 1.87. The zero-order valence-corrected chi connectivity index (χ0v) is 17.2. The van der Waals surface area contributed by atoms with Crippen LogP contribution >= 0.6 is 0 Å². The van der Waals surface area contributed by atoms with Gasteiger partial charge in [0, 0.05) is 0 Å². The maximum Gasteiger partial charge on any atom is 0.159 e. The molecule has 4 rings (SSSR count). The van der Waals surface area contributed by atoms with Gasteiger partial charge in [0.1, 0.15) is 0 Å². The fourth-order valence-electron chi connectivity index (χ4n) is 4.97. The third-order valence-corrected chi connectivity index (χ3v) is 12.7. The average Bonchev–Trinajstić information content (AvgIpc) is 3.43. The van der Waals surface area contributed by atoms with Crippen molar-refractivity contribution in [2.24, 2.45) is 11.8 Å². The monoisotopic (exact) mass is 354 g/mol. The van der Waals surface area contributed by atoms with E-state index in [4.69, 9.17) is 13.6 Å². The highest BCUT2D eigenvalue weighted by Gasteiger charge is 2.44. The van der Waals surface area contributed by atoms with E-state index in [-0.39, 0.29) is 0 Å². The van der Waals surface area contributed by atoms with Crippen LogP contribution in [0.15, 0.2) is 0 Å². The van der Waals surface area contributed by atoms with Crippen molar-refractivity contribution in [3.63, 3.8) is 0 Å². The van der Waals surface area contributed by atoms with Crippen molar-refractivity contribution in [3.8, 4) is 0 Å². The van der Waals surface area contributed by atoms with Crippen LogP contribution in [0.25, 0.3) is 0 Å². The van der Waals surface area contributed by atoms with E-state index in [1.165, 1.54) is 63.5 Å². The molecule has 2 saturated carbocycles. The number of epoxide rings is 2. The molecule has 0 N–H and O–H groups in total. The molecule has 0 spiro atoms. The SMILES string of the molecule is C[SiH](CCC1CCC2OC2C1)O[SiH](C)CCC1CCC2OC2C1. The summed E-state index contributed by atoms with van der Waals surface area (Å²) in [6.07, 6.45) is 13.5. The van der Waals surface area contributed by atoms with E-state index in [1.807, 2.05) is 0 Å². The summed E-state index contributed by atoms with van der Waals surface area (Å²) in [7, 11) is -1.84. The molecule has 5 heteroatoms. The fraction of sp³-hybridized carbons (Fsp3) is 1.00. The predicted molar refractivity (Wildman–Crippen MR) is 98.0 cm³/mol. The molecule has 4 aliphatic rings. The number of hydrogen-bond acceptors (Lipinski definition) is 3. The van der Waals surface area contributed by atoms with Crippen molar-refractivity contribution < 1.29 is 13.6 Å². The summed E-state index contributed by atoms with van der Waals surface area (Å²) >= 11 is 0. The van der Waals surface area contributed by atoms with Gasteiger partial charge in [-0.3, -0.25) is 0 Å². The van der Waals surface area contributed by atoms with Crippen LogP contribution in [0.1, 0.15) is 51.4 Å². The maximum absolute atomic E-state index is 6.52. The van der Waals surface area contributed by atoms with E-state index < -0.39 is 18.1 Å². The third kappa shape index (κ3) is 4.69. The highest BCUT2D eigenvalue weighted by atomic mass is 28.4. The second kappa shape index (κ2) is 7.28. The van der Waals surface area contributed by atoms with Crippen LogP contribution in [0, 0.1) is 11.8 Å². The minimum absolute atomic E-state index is 0.644. The molecular weight excluding hydrogens is 320 g/mol. The Bertz CT molecular complexity index is 372. The number of hydrogen-bond donors (Lipinski definition) is 0. The van der Waals surface area contributed by atoms with Gasteiger partial charge in [0.05, 0.1) is 24.4 Å². The highest BCUT2D eigenvalue weighted by molar-refractivity contribution is 6.64. The molecule has 2 aliphatic carbocycles. The second-order valence-electron chi connectivity index (χ2n) is 8.70. The molecule has 23 heavy (non-hydrogen) atoms. The molecule has 0 aromatic rings. The number of fused-ring (bicyclic) bond motifs is 2. The van der Waals surface area contributed by atoms with Gasteiger partial charge in [0.25, 0.3) is 0 Å². The molecule has 2 aliphatic heterocycles. The summed E-state index contributed by atoms with van der Waals surface area (Å²) in [6.45, 7) is 4.87. The summed E-state index contributed by atoms with van der Waals surface area (Å²) in [5, 5.41) is 0. The van der Waals surface area contributed by atoms with Crippen molar-refractivity contribution in [1.29, 1.82) is 0 Å². The lowest BCUT2D eigenvalue weighted by Crippen LogP contribution is -2.26. The topological polar surface area (TPSA) is 34.3 Å². The van der Waals surface area contributed by atoms with Gasteiger partial charge >= 0.3 is 0 Å². The fourth-order valence-corrected chi connectivity index (χ4v) is 11.1. The van der Waals surface area contributed by atoms with Crippen LogP contribution in [-0.4, -0.2) is 42.5 Å². The first-order chi connectivity index (χ1) is 11.2. The molecule has 0 aromatic heterocycles. The minimum atomic E-state index is -0.920. The lowest BCUT2D eigenvalue weighted by molar-refractivity contribution is 0.354. The Morgan fingerprint density at radius 2 is 1.22 bits per heavy atom. The van der Waals surface area contributed by atoms with Crippen LogP contribution in [-0.2, 0) is 13.6 Å². The van der Waals surface area contributed by atoms with Crippen LogP contribution in [0.3, 0.4) is 0 Å². The van der Waals surface area contributed by atoms with Gasteiger partial charge < -0.3 is 13.6 Å². The summed E-state index contributed by atoms with van der Waals surface area (Å²) in [4.78, 5) is 0. The third-order valence-electron chi connectivity index (χ3n) is 6.65. The number of rotatable bonds is 8. The van der Waals surface area contributed by atoms with E-state index >= 15 is 0 Å². The van der Waals surface area contributed by atoms with Gasteiger partial charge in [-0.2, -0.15) is 0 Å². The summed E-state index contributed by atoms with van der Waals surface area (Å²) in [6, 6.07) is 2.78. The highest BCUT2D eigenvalue weighted by Crippen LogP contribution is 2.42. The van der Waals surface area contributed by atoms with E-state index in [1.54, 1.807) is 0 Å². The quantitative estimate of drug-likeness (QED) is 0.493. The standard InChI is InChI=1S/C18H34O3Si2/c1-22(9-7-13-3-5-15-17(11-13)19-15)21-23(2)10-8-14-4-6-16-18(12-14)20-16/h13-18,22-23H,3-12H2,1-2H3. The first kappa shape index (κ1) is 16.8. The number of ether oxygens (including phenoxy) is 2. The molecule has 8 unspecified atom stereocenters. The van der Waals surface area contributed by atoms with Crippen LogP contribution in [0.2, 0.25) is 25.2 Å². The Morgan fingerprint density at radius 3 is 1.65 bits per heavy atom. The zero-order chi connectivity index (χ0) is 15.8. The average molecular weight is 355 g/mol. The molecule has 0 aromatic carbocycles. The Morgan fingerprint density at radius 1 is 0.739 bits per heavy atom. The molecule has 3 nitrogen and oxygen atoms in total. The summed E-state index contributed by atoms with van der Waals surface area (Å²) in [5.41, 5.74) is 0. The van der Waals surface area contributed by atoms with Gasteiger partial charge in [-0.15, -0.1) is 0 Å². The molecule has 4 fully saturated rings. The van der Waals surface area contributed by atoms with E-state index in [2.05, 4.69) is 13.1 Å². The Labute approximate surface area is 144 Å². The molecule has 0 bridgehead atoms. The Balaban J connectivity index is 1.08. The summed E-state index contributed by atoms with van der Waals surface area (Å²) < 4.78 is 17.8. The van der Waals surface area contributed by atoms with E-state index in [0.717, 1.165) is 11.8 Å². The van der Waals surface area contributed by atoms with Gasteiger partial charge in [-0.05, 0) is 75.5 Å². The minimum Gasteiger partial charge on any atom is -0.460 e. The molecule has 0 radical (unpaired) electrons.